The van der Waals surface area contributed by atoms with Crippen LogP contribution < -0.4 is 4.74 Å². The van der Waals surface area contributed by atoms with Crippen LogP contribution in [0.1, 0.15) is 45.6 Å². The average molecular weight is 303 g/mol. The summed E-state index contributed by atoms with van der Waals surface area (Å²) in [6.45, 7) is 8.49. The standard InChI is InChI=1S/C19H29NO2/c1-14(2)9-15(3)10-17-11-19(21)20(13-17)12-16-5-7-18(22-4)8-6-16/h5-8,14-15,17H,9-13H2,1-4H3. The molecular weight excluding hydrogens is 274 g/mol. The minimum Gasteiger partial charge on any atom is -0.497 e. The van der Waals surface area contributed by atoms with Gasteiger partial charge in [0.2, 0.25) is 5.91 Å². The van der Waals surface area contributed by atoms with E-state index in [1.54, 1.807) is 7.11 Å². The fourth-order valence-electron chi connectivity index (χ4n) is 3.59. The normalized spacial score (nSPS) is 19.8. The molecule has 3 nitrogen and oxygen atoms in total. The molecule has 0 aromatic heterocycles. The van der Waals surface area contributed by atoms with Gasteiger partial charge in [-0.25, -0.2) is 0 Å². The molecule has 1 amide bonds. The van der Waals surface area contributed by atoms with Crippen LogP contribution in [0.4, 0.5) is 0 Å². The van der Waals surface area contributed by atoms with Crippen molar-refractivity contribution in [3.05, 3.63) is 29.8 Å². The Morgan fingerprint density at radius 2 is 1.91 bits per heavy atom. The number of likely N-dealkylation sites (tertiary alicyclic amines) is 1. The molecule has 0 spiro atoms. The van der Waals surface area contributed by atoms with Crippen molar-refractivity contribution in [2.75, 3.05) is 13.7 Å². The number of carbonyl (C=O) groups excluding carboxylic acids is 1. The Labute approximate surface area is 134 Å². The summed E-state index contributed by atoms with van der Waals surface area (Å²) in [5.41, 5.74) is 1.17. The van der Waals surface area contributed by atoms with Gasteiger partial charge in [0.05, 0.1) is 7.11 Å². The van der Waals surface area contributed by atoms with E-state index in [-0.39, 0.29) is 0 Å². The summed E-state index contributed by atoms with van der Waals surface area (Å²) in [7, 11) is 1.67. The van der Waals surface area contributed by atoms with E-state index in [4.69, 9.17) is 4.74 Å². The van der Waals surface area contributed by atoms with Crippen molar-refractivity contribution in [3.63, 3.8) is 0 Å². The molecule has 0 N–H and O–H groups in total. The number of hydrogen-bond donors (Lipinski definition) is 0. The number of nitrogens with zero attached hydrogens (tertiary/aromatic N) is 1. The summed E-state index contributed by atoms with van der Waals surface area (Å²) in [5, 5.41) is 0. The van der Waals surface area contributed by atoms with E-state index in [1.165, 1.54) is 18.4 Å². The lowest BCUT2D eigenvalue weighted by atomic mass is 9.89. The van der Waals surface area contributed by atoms with Crippen LogP contribution in [0, 0.1) is 17.8 Å². The van der Waals surface area contributed by atoms with E-state index < -0.39 is 0 Å². The van der Waals surface area contributed by atoms with Gasteiger partial charge in [-0.2, -0.15) is 0 Å². The SMILES string of the molecule is COc1ccc(CN2CC(CC(C)CC(C)C)CC2=O)cc1. The number of hydrogen-bond acceptors (Lipinski definition) is 2. The molecule has 0 aliphatic carbocycles. The summed E-state index contributed by atoms with van der Waals surface area (Å²) in [6, 6.07) is 8.00. The molecule has 0 bridgehead atoms. The van der Waals surface area contributed by atoms with Crippen molar-refractivity contribution in [1.29, 1.82) is 0 Å². The lowest BCUT2D eigenvalue weighted by molar-refractivity contribution is -0.128. The van der Waals surface area contributed by atoms with Gasteiger partial charge in [-0.3, -0.25) is 4.79 Å². The van der Waals surface area contributed by atoms with Crippen molar-refractivity contribution in [1.82, 2.24) is 4.90 Å². The van der Waals surface area contributed by atoms with Crippen LogP contribution in [0.15, 0.2) is 24.3 Å². The van der Waals surface area contributed by atoms with Crippen LogP contribution in [0.25, 0.3) is 0 Å². The fraction of sp³-hybridized carbons (Fsp3) is 0.632. The predicted molar refractivity (Wildman–Crippen MR) is 89.8 cm³/mol. The zero-order valence-corrected chi connectivity index (χ0v) is 14.3. The molecule has 122 valence electrons. The number of benzene rings is 1. The van der Waals surface area contributed by atoms with Crippen LogP contribution in [0.5, 0.6) is 5.75 Å². The Morgan fingerprint density at radius 1 is 1.23 bits per heavy atom. The number of ether oxygens (including phenoxy) is 1. The molecule has 2 rings (SSSR count). The zero-order chi connectivity index (χ0) is 16.1. The molecule has 1 aromatic rings. The third-order valence-corrected chi connectivity index (χ3v) is 4.44. The molecule has 3 heteroatoms. The van der Waals surface area contributed by atoms with Gasteiger partial charge in [0, 0.05) is 19.5 Å². The molecule has 1 fully saturated rings. The van der Waals surface area contributed by atoms with E-state index in [9.17, 15) is 4.79 Å². The van der Waals surface area contributed by atoms with Crippen molar-refractivity contribution in [2.45, 2.75) is 46.6 Å². The van der Waals surface area contributed by atoms with E-state index in [0.717, 1.165) is 31.2 Å². The highest BCUT2D eigenvalue weighted by Gasteiger charge is 2.30. The molecule has 1 aliphatic rings. The van der Waals surface area contributed by atoms with Crippen molar-refractivity contribution in [3.8, 4) is 5.75 Å². The third kappa shape index (κ3) is 4.75. The summed E-state index contributed by atoms with van der Waals surface area (Å²) in [5.74, 6) is 3.13. The number of methoxy groups -OCH3 is 1. The first-order chi connectivity index (χ1) is 10.5. The summed E-state index contributed by atoms with van der Waals surface area (Å²) < 4.78 is 5.17. The second kappa shape index (κ2) is 7.66. The Kier molecular flexibility index (Phi) is 5.87. The first-order valence-corrected chi connectivity index (χ1v) is 8.38. The molecule has 2 atom stereocenters. The van der Waals surface area contributed by atoms with Gasteiger partial charge in [-0.15, -0.1) is 0 Å². The van der Waals surface area contributed by atoms with Gasteiger partial charge in [-0.05, 0) is 48.3 Å². The largest absolute Gasteiger partial charge is 0.497 e. The third-order valence-electron chi connectivity index (χ3n) is 4.44. The Hall–Kier alpha value is -1.51. The molecule has 0 radical (unpaired) electrons. The van der Waals surface area contributed by atoms with E-state index in [0.29, 0.717) is 17.7 Å². The fourth-order valence-corrected chi connectivity index (χ4v) is 3.59. The summed E-state index contributed by atoms with van der Waals surface area (Å²) in [4.78, 5) is 14.2. The van der Waals surface area contributed by atoms with Gasteiger partial charge in [0.25, 0.3) is 0 Å². The van der Waals surface area contributed by atoms with Gasteiger partial charge < -0.3 is 9.64 Å². The van der Waals surface area contributed by atoms with E-state index >= 15 is 0 Å². The Balaban J connectivity index is 1.86. The van der Waals surface area contributed by atoms with Crippen LogP contribution in [0.2, 0.25) is 0 Å². The molecule has 1 saturated heterocycles. The van der Waals surface area contributed by atoms with Crippen LogP contribution in [0.3, 0.4) is 0 Å². The summed E-state index contributed by atoms with van der Waals surface area (Å²) >= 11 is 0. The van der Waals surface area contributed by atoms with E-state index in [2.05, 4.69) is 20.8 Å². The lowest BCUT2D eigenvalue weighted by Gasteiger charge is -2.19. The van der Waals surface area contributed by atoms with Crippen LogP contribution in [-0.4, -0.2) is 24.5 Å². The Morgan fingerprint density at radius 3 is 2.50 bits per heavy atom. The quantitative estimate of drug-likeness (QED) is 0.758. The minimum atomic E-state index is 0.303. The molecule has 1 aliphatic heterocycles. The van der Waals surface area contributed by atoms with Gasteiger partial charge in [-0.1, -0.05) is 32.9 Å². The first kappa shape index (κ1) is 16.9. The minimum absolute atomic E-state index is 0.303. The molecule has 1 heterocycles. The highest BCUT2D eigenvalue weighted by molar-refractivity contribution is 5.78. The number of rotatable bonds is 7. The lowest BCUT2D eigenvalue weighted by Crippen LogP contribution is -2.24. The highest BCUT2D eigenvalue weighted by atomic mass is 16.5. The van der Waals surface area contributed by atoms with E-state index in [1.807, 2.05) is 29.2 Å². The van der Waals surface area contributed by atoms with Crippen LogP contribution in [-0.2, 0) is 11.3 Å². The topological polar surface area (TPSA) is 29.5 Å². The predicted octanol–water partition coefficient (Wildman–Crippen LogP) is 4.12. The van der Waals surface area contributed by atoms with Crippen LogP contribution >= 0.6 is 0 Å². The van der Waals surface area contributed by atoms with Crippen molar-refractivity contribution < 1.29 is 9.53 Å². The van der Waals surface area contributed by atoms with Gasteiger partial charge >= 0.3 is 0 Å². The second-order valence-electron chi connectivity index (χ2n) is 7.16. The smallest absolute Gasteiger partial charge is 0.223 e. The Bertz CT molecular complexity index is 481. The summed E-state index contributed by atoms with van der Waals surface area (Å²) in [6.07, 6.45) is 3.14. The zero-order valence-electron chi connectivity index (χ0n) is 14.3. The van der Waals surface area contributed by atoms with Crippen molar-refractivity contribution >= 4 is 5.91 Å². The maximum Gasteiger partial charge on any atom is 0.223 e. The van der Waals surface area contributed by atoms with Gasteiger partial charge in [0.1, 0.15) is 5.75 Å². The monoisotopic (exact) mass is 303 g/mol. The second-order valence-corrected chi connectivity index (χ2v) is 7.16. The molecule has 0 saturated carbocycles. The molecule has 22 heavy (non-hydrogen) atoms. The average Bonchev–Trinajstić information content (AvgIpc) is 2.78. The molecule has 1 aromatic carbocycles. The maximum absolute atomic E-state index is 12.2. The van der Waals surface area contributed by atoms with Gasteiger partial charge in [0.15, 0.2) is 0 Å². The first-order valence-electron chi connectivity index (χ1n) is 8.38. The van der Waals surface area contributed by atoms with Crippen molar-refractivity contribution in [2.24, 2.45) is 17.8 Å². The highest BCUT2D eigenvalue weighted by Crippen LogP contribution is 2.28. The molecular formula is C19H29NO2. The number of carbonyl (C=O) groups is 1. The number of amides is 1. The molecule has 2 unspecified atom stereocenters. The maximum atomic E-state index is 12.2.